The molecule has 20 aromatic rings. The molecule has 21 rings (SSSR count). The van der Waals surface area contributed by atoms with Gasteiger partial charge >= 0.3 is 113 Å². The van der Waals surface area contributed by atoms with Gasteiger partial charge in [0.05, 0.1) is 0 Å². The van der Waals surface area contributed by atoms with E-state index in [9.17, 15) is 0 Å². The number of aryl methyl sites for hydroxylation is 2. The number of fused-ring (bicyclic) bond motifs is 3. The quantitative estimate of drug-likeness (QED) is 0.0530. The first-order valence-electron chi connectivity index (χ1n) is 43.6. The molecule has 1 aliphatic carbocycles. The minimum Gasteiger partial charge on any atom is -0.459 e. The van der Waals surface area contributed by atoms with Gasteiger partial charge in [-0.2, -0.15) is 0 Å². The number of rotatable bonds is 20. The maximum Gasteiger partial charge on any atom is 0.217 e. The first kappa shape index (κ1) is 102. The minimum absolute atomic E-state index is 0.0556. The van der Waals surface area contributed by atoms with Crippen molar-refractivity contribution in [3.63, 3.8) is 0 Å². The van der Waals surface area contributed by atoms with Crippen LogP contribution < -0.4 is 18.9 Å². The normalized spacial score (nSPS) is 10.9. The van der Waals surface area contributed by atoms with Gasteiger partial charge in [0.25, 0.3) is 0 Å². The molecule has 0 fully saturated rings. The topological polar surface area (TPSA) is 140 Å². The van der Waals surface area contributed by atoms with E-state index in [2.05, 4.69) is 330 Å². The Bertz CT molecular complexity index is 7270. The van der Waals surface area contributed by atoms with E-state index in [-0.39, 0.29) is 5.41 Å². The predicted octanol–water partition coefficient (Wildman–Crippen LogP) is 32.8. The summed E-state index contributed by atoms with van der Waals surface area (Å²) in [5.41, 5.74) is 30.4. The van der Waals surface area contributed by atoms with Crippen molar-refractivity contribution in [3.05, 3.63) is 495 Å². The summed E-state index contributed by atoms with van der Waals surface area (Å²) < 4.78 is 24.2. The molecule has 0 bridgehead atoms. The van der Waals surface area contributed by atoms with E-state index in [1.54, 1.807) is 125 Å². The molecule has 0 spiro atoms. The smallest absolute Gasteiger partial charge is 0.217 e. The summed E-state index contributed by atoms with van der Waals surface area (Å²) in [6.45, 7) is 8.92. The third-order valence-electron chi connectivity index (χ3n) is 22.2. The molecule has 8 heterocycles. The van der Waals surface area contributed by atoms with Crippen LogP contribution in [0.15, 0.2) is 438 Å². The van der Waals surface area contributed by atoms with Crippen LogP contribution in [0.5, 0.6) is 46.5 Å². The van der Waals surface area contributed by atoms with Gasteiger partial charge in [0, 0.05) is 102 Å². The molecule has 20 heteroatoms. The summed E-state index contributed by atoms with van der Waals surface area (Å²) in [5, 5.41) is 0. The molecule has 0 unspecified atom stereocenters. The number of pyridine rings is 8. The zero-order valence-electron chi connectivity index (χ0n) is 75.2. The predicted molar refractivity (Wildman–Crippen MR) is 550 cm³/mol. The molecule has 0 N–H and O–H groups in total. The first-order valence-corrected chi connectivity index (χ1v) is 54.9. The molecule has 0 aliphatic heterocycles. The molecular weight excluding hydrogens is 2530 g/mol. The van der Waals surface area contributed by atoms with Crippen LogP contribution in [0.25, 0.3) is 135 Å². The largest absolute Gasteiger partial charge is 0.459 e. The Morgan fingerprint density at radius 2 is 0.496 bits per heavy atom. The maximum atomic E-state index is 6.09. The number of hydrogen-bond acceptors (Lipinski definition) is 12. The summed E-state index contributed by atoms with van der Waals surface area (Å²) in [4.78, 5) is 35.2. The van der Waals surface area contributed by atoms with Crippen LogP contribution in [0.4, 0.5) is 0 Å². The summed E-state index contributed by atoms with van der Waals surface area (Å²) >= 11 is 6.44. The van der Waals surface area contributed by atoms with E-state index in [1.807, 2.05) is 200 Å². The van der Waals surface area contributed by atoms with Gasteiger partial charge in [0.2, 0.25) is 23.5 Å². The van der Waals surface area contributed by atoms with E-state index in [4.69, 9.17) is 18.9 Å². The maximum absolute atomic E-state index is 6.09. The first-order chi connectivity index (χ1) is 68.4. The van der Waals surface area contributed by atoms with Crippen molar-refractivity contribution in [3.8, 4) is 169 Å². The summed E-state index contributed by atoms with van der Waals surface area (Å²) in [7, 11) is 18.4. The van der Waals surface area contributed by atoms with Crippen molar-refractivity contribution in [2.45, 2.75) is 33.1 Å². The molecule has 8 aromatic heterocycles. The van der Waals surface area contributed by atoms with Crippen LogP contribution in [0.2, 0.25) is 0 Å². The average Bonchev–Trinajstić information content (AvgIpc) is 1.58. The molecule has 694 valence electrons. The molecule has 139 heavy (non-hydrogen) atoms. The van der Waals surface area contributed by atoms with Crippen LogP contribution in [-0.2, 0) is 80.5 Å². The molecule has 0 amide bonds. The van der Waals surface area contributed by atoms with E-state index in [0.29, 0.717) is 46.5 Å². The molecule has 12 aromatic carbocycles. The Hall–Kier alpha value is -13.3. The second kappa shape index (κ2) is 52.5. The molecule has 12 nitrogen and oxygen atoms in total. The Morgan fingerprint density at radius 3 is 0.856 bits per heavy atom. The standard InChI is InChI=1S/C31H23N2O.C30H23N2O.C30H21N2O.C28H19N2O.4ClH.4Pt/c1-31(2)27-10-4-3-9-25(27)26-14-13-21(20-28(26)31)22-17-23(29-11-5-7-15-32-29)19-24(18-22)34-30-12-6-8-16-33-30;1-21-16-24(23-10-4-3-5-11-23)17-22(2)30(21)26-18-25(28-12-6-8-14-31-28)19-27(20-26)33-29-13-7-9-15-32-29;1-2-8-23(9-3-1)12-13-24-14-16-25(17-15-24)26-20-27(29-10-4-6-18-31-29)22-28(21-26)33-30-11-5-7-19-32-30;1-2-8-21(9-3-1)22-12-14-23(15-13-22)24-18-25(27-10-4-6-16-29-27)20-26(19-24)31-28-11-5-7-17-30-28;;;;;;;;/h3-18,20H,1-2H3;3-18,20H,1-2H3;1-21H;1-19H;4*1H;;;;/q4*-1;;;;;4*+2/p-4/b;;13-12+;;;;;;;;;. The van der Waals surface area contributed by atoms with Crippen LogP contribution in [0.3, 0.4) is 0 Å². The molecule has 0 saturated carbocycles. The zero-order chi connectivity index (χ0) is 96.9. The number of hydrogen-bond donors (Lipinski definition) is 0. The van der Waals surface area contributed by atoms with E-state index in [0.717, 1.165) is 89.5 Å². The van der Waals surface area contributed by atoms with Gasteiger partial charge in [-0.1, -0.05) is 364 Å². The van der Waals surface area contributed by atoms with Crippen molar-refractivity contribution in [2.24, 2.45) is 0 Å². The summed E-state index contributed by atoms with van der Waals surface area (Å²) in [5.74, 6) is 4.54. The van der Waals surface area contributed by atoms with Crippen LogP contribution >= 0.6 is 37.7 Å². The van der Waals surface area contributed by atoms with Crippen molar-refractivity contribution in [1.29, 1.82) is 0 Å². The Morgan fingerprint density at radius 1 is 0.230 bits per heavy atom. The van der Waals surface area contributed by atoms with Crippen LogP contribution in [-0.4, -0.2) is 39.9 Å². The summed E-state index contributed by atoms with van der Waals surface area (Å²) in [6, 6.07) is 144. The van der Waals surface area contributed by atoms with Crippen molar-refractivity contribution in [1.82, 2.24) is 39.9 Å². The minimum atomic E-state index is -0.0556. The SMILES string of the molecule is CC1(C)c2ccccc2-c2ccc(-c3cc(Oc4ccccn4)[c-]c(-c4ccccn4)c3)cc21.Cc1cc(-c2ccccc2)cc(C)c1-c1cc(Oc2ccccn2)[c-]c(-c2ccccn2)c1.[Cl][Pt+].[Cl][Pt+].[Cl][Pt+].[Cl][Pt+].[c-]1c(Oc2ccccn2)cc(-c2ccc(-c3ccccc3)cc2)cc1-c1ccccn1.[c-]1c(Oc2ccccn2)cc(-c2ccc(/C=C/c3ccccc3)cc2)cc1-c1ccccn1. The molecule has 0 saturated heterocycles. The third kappa shape index (κ3) is 27.8. The van der Waals surface area contributed by atoms with Gasteiger partial charge in [-0.25, -0.2) is 19.9 Å². The fraction of sp³-hybridized carbons (Fsp3) is 0.0420. The Balaban J connectivity index is 0.000000144. The van der Waals surface area contributed by atoms with Crippen molar-refractivity contribution >= 4 is 49.8 Å². The summed E-state index contributed by atoms with van der Waals surface area (Å²) in [6.07, 6.45) is 18.2. The molecule has 0 radical (unpaired) electrons. The number of halogens is 4. The van der Waals surface area contributed by atoms with Crippen LogP contribution in [0.1, 0.15) is 47.2 Å². The Kier molecular flexibility index (Phi) is 38.3. The monoisotopic (exact) mass is 2610 g/mol. The fourth-order valence-corrected chi connectivity index (χ4v) is 15.9. The van der Waals surface area contributed by atoms with Gasteiger partial charge in [-0.05, 0) is 174 Å². The van der Waals surface area contributed by atoms with Crippen molar-refractivity contribution in [2.75, 3.05) is 0 Å². The van der Waals surface area contributed by atoms with Gasteiger partial charge in [0.15, 0.2) is 0 Å². The van der Waals surface area contributed by atoms with Gasteiger partial charge in [-0.3, -0.25) is 0 Å². The van der Waals surface area contributed by atoms with Gasteiger partial charge in [-0.15, -0.1) is 46.5 Å². The Labute approximate surface area is 873 Å². The molecule has 0 atom stereocenters. The third-order valence-corrected chi connectivity index (χ3v) is 22.2. The van der Waals surface area contributed by atoms with E-state index >= 15 is 0 Å². The fourth-order valence-electron chi connectivity index (χ4n) is 15.9. The second-order valence-electron chi connectivity index (χ2n) is 31.6. The molecule has 1 aliphatic rings. The molecular formula is C119H86Cl4N8O4Pt4. The zero-order valence-corrected chi connectivity index (χ0v) is 87.3. The van der Waals surface area contributed by atoms with Gasteiger partial charge < -0.3 is 38.9 Å². The van der Waals surface area contributed by atoms with Crippen LogP contribution in [0, 0.1) is 38.1 Å². The van der Waals surface area contributed by atoms with Gasteiger partial charge in [0.1, 0.15) is 0 Å². The number of nitrogens with zero attached hydrogens (tertiary/aromatic N) is 8. The second-order valence-corrected chi connectivity index (χ2v) is 31.6. The average molecular weight is 2610 g/mol. The number of ether oxygens (including phenoxy) is 4. The van der Waals surface area contributed by atoms with E-state index in [1.165, 1.54) is 66.8 Å². The van der Waals surface area contributed by atoms with E-state index < -0.39 is 0 Å². The number of benzene rings is 12. The van der Waals surface area contributed by atoms with Crippen molar-refractivity contribution < 1.29 is 94.0 Å². The number of aromatic nitrogens is 8.